The molecule has 1 N–H and O–H groups in total. The molecule has 2 heterocycles. The van der Waals surface area contributed by atoms with Gasteiger partial charge in [0.25, 0.3) is 0 Å². The van der Waals surface area contributed by atoms with Gasteiger partial charge in [0.1, 0.15) is 6.54 Å². The number of hydrogen-bond donors (Lipinski definition) is 1. The number of nitrogens with one attached hydrogen (secondary N) is 1. The van der Waals surface area contributed by atoms with Crippen molar-refractivity contribution in [1.82, 2.24) is 14.8 Å². The fourth-order valence-corrected chi connectivity index (χ4v) is 3.41. The largest absolute Gasteiger partial charge is 0.324 e. The maximum absolute atomic E-state index is 12.6. The molecule has 0 atom stereocenters. The highest BCUT2D eigenvalue weighted by atomic mass is 16.2. The molecule has 2 aromatic heterocycles. The number of hydrogen-bond acceptors (Lipinski definition) is 3. The van der Waals surface area contributed by atoms with Crippen LogP contribution >= 0.6 is 0 Å². The predicted molar refractivity (Wildman–Crippen MR) is 112 cm³/mol. The molecule has 0 aliphatic carbocycles. The predicted octanol–water partition coefficient (Wildman–Crippen LogP) is 4.66. The number of amides is 1. The number of rotatable bonds is 4. The van der Waals surface area contributed by atoms with E-state index in [4.69, 9.17) is 0 Å². The van der Waals surface area contributed by atoms with Crippen molar-refractivity contribution in [2.45, 2.75) is 27.3 Å². The molecule has 4 aromatic rings. The lowest BCUT2D eigenvalue weighted by Crippen LogP contribution is -2.19. The number of carbonyl (C=O) groups is 1. The van der Waals surface area contributed by atoms with Gasteiger partial charge in [-0.3, -0.25) is 4.79 Å². The maximum atomic E-state index is 12.6. The summed E-state index contributed by atoms with van der Waals surface area (Å²) in [7, 11) is 0. The summed E-state index contributed by atoms with van der Waals surface area (Å²) in [6, 6.07) is 18.0. The highest BCUT2D eigenvalue weighted by Gasteiger charge is 2.16. The van der Waals surface area contributed by atoms with Gasteiger partial charge >= 0.3 is 0 Å². The molecule has 0 bridgehead atoms. The summed E-state index contributed by atoms with van der Waals surface area (Å²) in [5.74, 6) is -0.125. The van der Waals surface area contributed by atoms with Crippen LogP contribution in [0.2, 0.25) is 0 Å². The third kappa shape index (κ3) is 3.39. The highest BCUT2D eigenvalue weighted by Crippen LogP contribution is 2.29. The minimum Gasteiger partial charge on any atom is -0.324 e. The summed E-state index contributed by atoms with van der Waals surface area (Å²) in [5, 5.41) is 8.51. The monoisotopic (exact) mass is 370 g/mol. The van der Waals surface area contributed by atoms with E-state index in [-0.39, 0.29) is 12.5 Å². The van der Waals surface area contributed by atoms with Gasteiger partial charge in [-0.1, -0.05) is 36.4 Å². The van der Waals surface area contributed by atoms with Crippen molar-refractivity contribution in [2.75, 3.05) is 5.32 Å². The molecule has 2 aromatic carbocycles. The van der Waals surface area contributed by atoms with E-state index >= 15 is 0 Å². The van der Waals surface area contributed by atoms with Crippen molar-refractivity contribution < 1.29 is 4.79 Å². The number of aromatic nitrogens is 3. The van der Waals surface area contributed by atoms with E-state index in [1.807, 2.05) is 56.3 Å². The molecule has 1 amide bonds. The molecule has 4 rings (SSSR count). The molecule has 0 spiro atoms. The molecule has 0 radical (unpaired) electrons. The van der Waals surface area contributed by atoms with Crippen LogP contribution in [0.15, 0.2) is 60.8 Å². The summed E-state index contributed by atoms with van der Waals surface area (Å²) >= 11 is 0. The van der Waals surface area contributed by atoms with E-state index in [1.54, 1.807) is 10.9 Å². The first-order valence-electron chi connectivity index (χ1n) is 9.27. The summed E-state index contributed by atoms with van der Waals surface area (Å²) in [5.41, 5.74) is 6.90. The summed E-state index contributed by atoms with van der Waals surface area (Å²) < 4.78 is 1.67. The minimum atomic E-state index is -0.125. The zero-order chi connectivity index (χ0) is 19.7. The first kappa shape index (κ1) is 17.9. The summed E-state index contributed by atoms with van der Waals surface area (Å²) in [4.78, 5) is 17.1. The Hall–Kier alpha value is -3.47. The van der Waals surface area contributed by atoms with Gasteiger partial charge in [-0.2, -0.15) is 5.10 Å². The molecular formula is C23H22N4O. The Balaban J connectivity index is 1.64. The Morgan fingerprint density at radius 3 is 2.54 bits per heavy atom. The highest BCUT2D eigenvalue weighted by molar-refractivity contribution is 5.96. The van der Waals surface area contributed by atoms with Gasteiger partial charge in [0, 0.05) is 17.3 Å². The van der Waals surface area contributed by atoms with E-state index in [1.165, 1.54) is 5.56 Å². The Morgan fingerprint density at radius 2 is 1.79 bits per heavy atom. The maximum Gasteiger partial charge on any atom is 0.246 e. The van der Waals surface area contributed by atoms with Crippen LogP contribution in [0, 0.1) is 20.8 Å². The fraction of sp³-hybridized carbons (Fsp3) is 0.174. The van der Waals surface area contributed by atoms with E-state index in [2.05, 4.69) is 34.5 Å². The number of fused-ring (bicyclic) bond motifs is 1. The van der Waals surface area contributed by atoms with E-state index < -0.39 is 0 Å². The lowest BCUT2D eigenvalue weighted by molar-refractivity contribution is -0.116. The molecule has 0 saturated heterocycles. The van der Waals surface area contributed by atoms with Crippen molar-refractivity contribution in [1.29, 1.82) is 0 Å². The fourth-order valence-electron chi connectivity index (χ4n) is 3.41. The standard InChI is InChI=1S/C23H22N4O/c1-15-9-10-19(13-16(15)2)25-21(28)14-27-23-22(17(3)26-27)20(11-12-24-23)18-7-5-4-6-8-18/h4-13H,14H2,1-3H3,(H,25,28). The number of benzene rings is 2. The molecule has 28 heavy (non-hydrogen) atoms. The van der Waals surface area contributed by atoms with Crippen molar-refractivity contribution >= 4 is 22.6 Å². The van der Waals surface area contributed by atoms with Crippen LogP contribution in [0.1, 0.15) is 16.8 Å². The van der Waals surface area contributed by atoms with Crippen molar-refractivity contribution in [3.8, 4) is 11.1 Å². The van der Waals surface area contributed by atoms with Gasteiger partial charge < -0.3 is 5.32 Å². The molecule has 0 aliphatic rings. The van der Waals surface area contributed by atoms with Crippen LogP contribution in [-0.4, -0.2) is 20.7 Å². The third-order valence-corrected chi connectivity index (χ3v) is 4.98. The smallest absolute Gasteiger partial charge is 0.246 e. The molecule has 0 fully saturated rings. The molecule has 5 heteroatoms. The quantitative estimate of drug-likeness (QED) is 0.568. The van der Waals surface area contributed by atoms with Gasteiger partial charge in [0.05, 0.1) is 5.69 Å². The Kier molecular flexibility index (Phi) is 4.65. The molecule has 5 nitrogen and oxygen atoms in total. The van der Waals surface area contributed by atoms with E-state index in [9.17, 15) is 4.79 Å². The first-order chi connectivity index (χ1) is 13.5. The van der Waals surface area contributed by atoms with E-state index in [0.717, 1.165) is 33.5 Å². The summed E-state index contributed by atoms with van der Waals surface area (Å²) in [6.07, 6.45) is 1.77. The van der Waals surface area contributed by atoms with Crippen LogP contribution in [0.5, 0.6) is 0 Å². The molecular weight excluding hydrogens is 348 g/mol. The second-order valence-corrected chi connectivity index (χ2v) is 7.01. The Labute approximate surface area is 164 Å². The van der Waals surface area contributed by atoms with Gasteiger partial charge in [-0.15, -0.1) is 0 Å². The van der Waals surface area contributed by atoms with E-state index in [0.29, 0.717) is 5.65 Å². The normalized spacial score (nSPS) is 11.0. The Bertz CT molecular complexity index is 1160. The topological polar surface area (TPSA) is 59.8 Å². The molecule has 0 aliphatic heterocycles. The average molecular weight is 370 g/mol. The number of nitrogens with zero attached hydrogens (tertiary/aromatic N) is 3. The number of aryl methyl sites for hydroxylation is 3. The second-order valence-electron chi connectivity index (χ2n) is 7.01. The van der Waals surface area contributed by atoms with Crippen LogP contribution < -0.4 is 5.32 Å². The third-order valence-electron chi connectivity index (χ3n) is 4.98. The van der Waals surface area contributed by atoms with Gasteiger partial charge in [-0.05, 0) is 61.2 Å². The Morgan fingerprint density at radius 1 is 1.00 bits per heavy atom. The first-order valence-corrected chi connectivity index (χ1v) is 9.27. The minimum absolute atomic E-state index is 0.114. The summed E-state index contributed by atoms with van der Waals surface area (Å²) in [6.45, 7) is 6.15. The lowest BCUT2D eigenvalue weighted by atomic mass is 10.0. The van der Waals surface area contributed by atoms with Crippen molar-refractivity contribution in [2.24, 2.45) is 0 Å². The van der Waals surface area contributed by atoms with Crippen LogP contribution in [0.25, 0.3) is 22.2 Å². The van der Waals surface area contributed by atoms with Crippen molar-refractivity contribution in [3.63, 3.8) is 0 Å². The second kappa shape index (κ2) is 7.27. The molecule has 0 unspecified atom stereocenters. The van der Waals surface area contributed by atoms with Gasteiger partial charge in [0.2, 0.25) is 5.91 Å². The number of carbonyl (C=O) groups excluding carboxylic acids is 1. The number of pyridine rings is 1. The van der Waals surface area contributed by atoms with Crippen LogP contribution in [-0.2, 0) is 11.3 Å². The van der Waals surface area contributed by atoms with Crippen LogP contribution in [0.3, 0.4) is 0 Å². The zero-order valence-corrected chi connectivity index (χ0v) is 16.2. The SMILES string of the molecule is Cc1ccc(NC(=O)Cn2nc(C)c3c(-c4ccccc4)ccnc32)cc1C. The zero-order valence-electron chi connectivity index (χ0n) is 16.2. The van der Waals surface area contributed by atoms with Crippen molar-refractivity contribution in [3.05, 3.63) is 77.6 Å². The molecule has 140 valence electrons. The average Bonchev–Trinajstić information content (AvgIpc) is 3.01. The van der Waals surface area contributed by atoms with Crippen LogP contribution in [0.4, 0.5) is 5.69 Å². The number of anilines is 1. The van der Waals surface area contributed by atoms with Gasteiger partial charge in [-0.25, -0.2) is 9.67 Å². The van der Waals surface area contributed by atoms with Gasteiger partial charge in [0.15, 0.2) is 5.65 Å². The lowest BCUT2D eigenvalue weighted by Gasteiger charge is -2.08. The molecule has 0 saturated carbocycles.